The van der Waals surface area contributed by atoms with E-state index in [1.807, 2.05) is 7.05 Å². The minimum Gasteiger partial charge on any atom is -0.507 e. The highest BCUT2D eigenvalue weighted by Gasteiger charge is 2.06. The molecule has 0 aliphatic carbocycles. The van der Waals surface area contributed by atoms with Gasteiger partial charge in [-0.05, 0) is 53.6 Å². The van der Waals surface area contributed by atoms with E-state index in [0.717, 1.165) is 12.1 Å². The van der Waals surface area contributed by atoms with E-state index in [-0.39, 0.29) is 10.2 Å². The Morgan fingerprint density at radius 2 is 2.23 bits per heavy atom. The predicted octanol–water partition coefficient (Wildman–Crippen LogP) is 2.06. The lowest BCUT2D eigenvalue weighted by atomic mass is 10.1. The smallest absolute Gasteiger partial charge is 0.141 e. The first-order chi connectivity index (χ1) is 6.15. The van der Waals surface area contributed by atoms with Crippen LogP contribution < -0.4 is 5.32 Å². The zero-order chi connectivity index (χ0) is 9.84. The molecule has 1 rings (SSSR count). The van der Waals surface area contributed by atoms with E-state index in [9.17, 15) is 9.50 Å². The van der Waals surface area contributed by atoms with Crippen molar-refractivity contribution in [2.24, 2.45) is 0 Å². The Kier molecular flexibility index (Phi) is 3.69. The number of likely N-dealkylation sites (N-methyl/N-ethyl adjacent to an activating group) is 1. The molecule has 0 saturated carbocycles. The summed E-state index contributed by atoms with van der Waals surface area (Å²) >= 11 is 2.94. The van der Waals surface area contributed by atoms with Crippen molar-refractivity contribution in [1.29, 1.82) is 0 Å². The van der Waals surface area contributed by atoms with Crippen LogP contribution in [-0.4, -0.2) is 18.7 Å². The molecule has 0 aromatic heterocycles. The van der Waals surface area contributed by atoms with Crippen LogP contribution in [0.5, 0.6) is 5.75 Å². The third-order valence-electron chi connectivity index (χ3n) is 1.73. The third-order valence-corrected chi connectivity index (χ3v) is 2.52. The molecule has 1 aromatic rings. The SMILES string of the molecule is CNCCc1cc(O)c(Br)c(F)c1. The summed E-state index contributed by atoms with van der Waals surface area (Å²) in [7, 11) is 1.83. The van der Waals surface area contributed by atoms with Crippen molar-refractivity contribution < 1.29 is 9.50 Å². The predicted molar refractivity (Wildman–Crippen MR) is 53.4 cm³/mol. The monoisotopic (exact) mass is 247 g/mol. The number of aromatic hydroxyl groups is 1. The van der Waals surface area contributed by atoms with Crippen molar-refractivity contribution in [3.05, 3.63) is 28.0 Å². The fourth-order valence-electron chi connectivity index (χ4n) is 1.04. The van der Waals surface area contributed by atoms with Crippen LogP contribution in [0.2, 0.25) is 0 Å². The molecule has 72 valence electrons. The van der Waals surface area contributed by atoms with E-state index >= 15 is 0 Å². The normalized spacial score (nSPS) is 10.4. The number of phenols is 1. The Morgan fingerprint density at radius 1 is 1.54 bits per heavy atom. The number of halogens is 2. The molecular weight excluding hydrogens is 237 g/mol. The molecule has 0 aliphatic rings. The van der Waals surface area contributed by atoms with Gasteiger partial charge in [0.1, 0.15) is 11.6 Å². The van der Waals surface area contributed by atoms with E-state index < -0.39 is 5.82 Å². The summed E-state index contributed by atoms with van der Waals surface area (Å²) in [6.07, 6.45) is 0.703. The number of rotatable bonds is 3. The van der Waals surface area contributed by atoms with Gasteiger partial charge in [-0.3, -0.25) is 0 Å². The molecule has 13 heavy (non-hydrogen) atoms. The molecule has 0 heterocycles. The highest BCUT2D eigenvalue weighted by Crippen LogP contribution is 2.27. The van der Waals surface area contributed by atoms with Crippen molar-refractivity contribution >= 4 is 15.9 Å². The summed E-state index contributed by atoms with van der Waals surface area (Å²) in [5.74, 6) is -0.475. The van der Waals surface area contributed by atoms with Crippen LogP contribution in [0.25, 0.3) is 0 Å². The second kappa shape index (κ2) is 4.58. The van der Waals surface area contributed by atoms with Crippen LogP contribution in [0.3, 0.4) is 0 Å². The first-order valence-electron chi connectivity index (χ1n) is 3.96. The van der Waals surface area contributed by atoms with Crippen LogP contribution >= 0.6 is 15.9 Å². The molecule has 0 aliphatic heterocycles. The first kappa shape index (κ1) is 10.5. The lowest BCUT2D eigenvalue weighted by molar-refractivity contribution is 0.463. The van der Waals surface area contributed by atoms with E-state index in [1.54, 1.807) is 6.07 Å². The van der Waals surface area contributed by atoms with E-state index in [0.29, 0.717) is 6.42 Å². The molecule has 4 heteroatoms. The molecule has 0 unspecified atom stereocenters. The summed E-state index contributed by atoms with van der Waals surface area (Å²) in [4.78, 5) is 0. The van der Waals surface area contributed by atoms with Crippen molar-refractivity contribution in [1.82, 2.24) is 5.32 Å². The van der Waals surface area contributed by atoms with Gasteiger partial charge in [0.15, 0.2) is 0 Å². The molecule has 0 amide bonds. The number of nitrogens with one attached hydrogen (secondary N) is 1. The highest BCUT2D eigenvalue weighted by atomic mass is 79.9. The molecule has 0 saturated heterocycles. The zero-order valence-electron chi connectivity index (χ0n) is 7.27. The second-order valence-corrected chi connectivity index (χ2v) is 3.56. The van der Waals surface area contributed by atoms with E-state index in [4.69, 9.17) is 0 Å². The molecule has 2 N–H and O–H groups in total. The van der Waals surface area contributed by atoms with Crippen molar-refractivity contribution in [2.45, 2.75) is 6.42 Å². The fourth-order valence-corrected chi connectivity index (χ4v) is 1.27. The number of phenolic OH excluding ortho intramolecular Hbond substituents is 1. The van der Waals surface area contributed by atoms with Gasteiger partial charge in [0, 0.05) is 0 Å². The largest absolute Gasteiger partial charge is 0.507 e. The summed E-state index contributed by atoms with van der Waals surface area (Å²) < 4.78 is 13.2. The van der Waals surface area contributed by atoms with Gasteiger partial charge in [0.05, 0.1) is 4.47 Å². The van der Waals surface area contributed by atoms with Crippen LogP contribution in [0, 0.1) is 5.82 Å². The molecule has 1 aromatic carbocycles. The fraction of sp³-hybridized carbons (Fsp3) is 0.333. The van der Waals surface area contributed by atoms with Gasteiger partial charge >= 0.3 is 0 Å². The standard InChI is InChI=1S/C9H11BrFNO/c1-12-3-2-6-4-7(11)9(10)8(13)5-6/h4-5,12-13H,2-3H2,1H3. The molecule has 0 bridgehead atoms. The van der Waals surface area contributed by atoms with Gasteiger partial charge in [-0.15, -0.1) is 0 Å². The molecule has 0 atom stereocenters. The number of hydrogen-bond acceptors (Lipinski definition) is 2. The van der Waals surface area contributed by atoms with Crippen molar-refractivity contribution in [2.75, 3.05) is 13.6 Å². The molecular formula is C9H11BrFNO. The minimum atomic E-state index is -0.425. The zero-order valence-corrected chi connectivity index (χ0v) is 8.86. The highest BCUT2D eigenvalue weighted by molar-refractivity contribution is 9.10. The van der Waals surface area contributed by atoms with Gasteiger partial charge in [0.2, 0.25) is 0 Å². The maximum absolute atomic E-state index is 13.0. The van der Waals surface area contributed by atoms with Crippen LogP contribution in [0.1, 0.15) is 5.56 Å². The van der Waals surface area contributed by atoms with Crippen LogP contribution in [0.15, 0.2) is 16.6 Å². The van der Waals surface area contributed by atoms with Gasteiger partial charge in [-0.1, -0.05) is 0 Å². The molecule has 2 nitrogen and oxygen atoms in total. The maximum Gasteiger partial charge on any atom is 0.141 e. The van der Waals surface area contributed by atoms with Crippen molar-refractivity contribution in [3.8, 4) is 5.75 Å². The topological polar surface area (TPSA) is 32.3 Å². The molecule has 0 spiro atoms. The number of benzene rings is 1. The molecule has 0 radical (unpaired) electrons. The Morgan fingerprint density at radius 3 is 2.77 bits per heavy atom. The summed E-state index contributed by atoms with van der Waals surface area (Å²) in [6.45, 7) is 0.764. The summed E-state index contributed by atoms with van der Waals surface area (Å²) in [5.41, 5.74) is 0.785. The maximum atomic E-state index is 13.0. The number of hydrogen-bond donors (Lipinski definition) is 2. The average molecular weight is 248 g/mol. The van der Waals surface area contributed by atoms with Gasteiger partial charge in [-0.25, -0.2) is 4.39 Å². The van der Waals surface area contributed by atoms with E-state index in [1.165, 1.54) is 6.07 Å². The lowest BCUT2D eigenvalue weighted by Crippen LogP contribution is -2.10. The first-order valence-corrected chi connectivity index (χ1v) is 4.76. The minimum absolute atomic E-state index is 0.0499. The lowest BCUT2D eigenvalue weighted by Gasteiger charge is -2.04. The molecule has 0 fully saturated rings. The van der Waals surface area contributed by atoms with Gasteiger partial charge in [-0.2, -0.15) is 0 Å². The van der Waals surface area contributed by atoms with Crippen molar-refractivity contribution in [3.63, 3.8) is 0 Å². The van der Waals surface area contributed by atoms with Gasteiger partial charge < -0.3 is 10.4 Å². The van der Waals surface area contributed by atoms with Crippen LogP contribution in [-0.2, 0) is 6.42 Å². The summed E-state index contributed by atoms with van der Waals surface area (Å²) in [5, 5.41) is 12.2. The Hall–Kier alpha value is -0.610. The third kappa shape index (κ3) is 2.67. The average Bonchev–Trinajstić information content (AvgIpc) is 2.10. The van der Waals surface area contributed by atoms with Gasteiger partial charge in [0.25, 0.3) is 0 Å². The quantitative estimate of drug-likeness (QED) is 0.858. The summed E-state index contributed by atoms with van der Waals surface area (Å²) in [6, 6.07) is 2.98. The van der Waals surface area contributed by atoms with Crippen LogP contribution in [0.4, 0.5) is 4.39 Å². The Bertz CT molecular complexity index is 281. The Labute approximate surface area is 84.9 Å². The second-order valence-electron chi connectivity index (χ2n) is 2.76. The van der Waals surface area contributed by atoms with E-state index in [2.05, 4.69) is 21.2 Å². The Balaban J connectivity index is 2.86.